The Morgan fingerprint density at radius 3 is 2.75 bits per heavy atom. The second-order valence-electron chi connectivity index (χ2n) is 5.90. The molecule has 1 aromatic carbocycles. The molecule has 20 heavy (non-hydrogen) atoms. The van der Waals surface area contributed by atoms with Gasteiger partial charge in [0, 0.05) is 17.9 Å². The molecule has 1 aliphatic rings. The Balaban J connectivity index is 1.82. The van der Waals surface area contributed by atoms with Crippen molar-refractivity contribution in [3.63, 3.8) is 0 Å². The zero-order valence-electron chi connectivity index (χ0n) is 12.1. The monoisotopic (exact) mass is 289 g/mol. The van der Waals surface area contributed by atoms with Gasteiger partial charge in [-0.25, -0.2) is 0 Å². The van der Waals surface area contributed by atoms with Gasteiger partial charge >= 0.3 is 0 Å². The summed E-state index contributed by atoms with van der Waals surface area (Å²) in [5.74, 6) is 0. The average Bonchev–Trinajstić information content (AvgIpc) is 2.91. The number of hydrogen-bond donors (Lipinski definition) is 1. The Labute approximate surface area is 124 Å². The van der Waals surface area contributed by atoms with E-state index < -0.39 is 0 Å². The zero-order chi connectivity index (χ0) is 14.0. The summed E-state index contributed by atoms with van der Waals surface area (Å²) in [5, 5.41) is 3.62. The molecule has 0 bridgehead atoms. The fourth-order valence-electron chi connectivity index (χ4n) is 3.49. The smallest absolute Gasteiger partial charge is 0.0832 e. The van der Waals surface area contributed by atoms with Gasteiger partial charge in [0.05, 0.1) is 5.60 Å². The van der Waals surface area contributed by atoms with Gasteiger partial charge in [-0.05, 0) is 41.7 Å². The predicted octanol–water partition coefficient (Wildman–Crippen LogP) is 4.12. The molecule has 0 saturated heterocycles. The lowest BCUT2D eigenvalue weighted by Gasteiger charge is -2.40. The molecule has 0 amide bonds. The number of fused-ring (bicyclic) bond motifs is 1. The summed E-state index contributed by atoms with van der Waals surface area (Å²) >= 11 is 1.81. The Morgan fingerprint density at radius 2 is 2.00 bits per heavy atom. The van der Waals surface area contributed by atoms with Crippen LogP contribution in [0.15, 0.2) is 29.6 Å². The predicted molar refractivity (Wildman–Crippen MR) is 86.3 cm³/mol. The van der Waals surface area contributed by atoms with Gasteiger partial charge in [0.15, 0.2) is 0 Å². The van der Waals surface area contributed by atoms with Crippen LogP contribution < -0.4 is 5.73 Å². The van der Waals surface area contributed by atoms with Crippen LogP contribution in [0.5, 0.6) is 0 Å². The van der Waals surface area contributed by atoms with Crippen molar-refractivity contribution < 1.29 is 4.74 Å². The van der Waals surface area contributed by atoms with Gasteiger partial charge in [-0.2, -0.15) is 0 Å². The van der Waals surface area contributed by atoms with Crippen LogP contribution in [0.25, 0.3) is 10.1 Å². The average molecular weight is 289 g/mol. The van der Waals surface area contributed by atoms with Gasteiger partial charge in [0.25, 0.3) is 0 Å². The highest BCUT2D eigenvalue weighted by Crippen LogP contribution is 2.36. The molecule has 1 unspecified atom stereocenters. The van der Waals surface area contributed by atoms with Crippen molar-refractivity contribution in [2.24, 2.45) is 5.73 Å². The molecule has 0 radical (unpaired) electrons. The van der Waals surface area contributed by atoms with Gasteiger partial charge in [0.1, 0.15) is 0 Å². The zero-order valence-corrected chi connectivity index (χ0v) is 12.9. The first kappa shape index (κ1) is 14.1. The second kappa shape index (κ2) is 5.84. The van der Waals surface area contributed by atoms with Crippen molar-refractivity contribution in [3.8, 4) is 0 Å². The van der Waals surface area contributed by atoms with Gasteiger partial charge < -0.3 is 10.5 Å². The number of ether oxygens (including phenoxy) is 1. The summed E-state index contributed by atoms with van der Waals surface area (Å²) in [4.78, 5) is 0. The summed E-state index contributed by atoms with van der Waals surface area (Å²) in [7, 11) is 1.83. The molecule has 1 aliphatic carbocycles. The molecule has 1 aromatic heterocycles. The van der Waals surface area contributed by atoms with Crippen molar-refractivity contribution >= 4 is 21.4 Å². The summed E-state index contributed by atoms with van der Waals surface area (Å²) in [5.41, 5.74) is 7.82. The first-order chi connectivity index (χ1) is 9.75. The Kier molecular flexibility index (Phi) is 4.11. The molecule has 2 aromatic rings. The number of thiophene rings is 1. The molecule has 108 valence electrons. The maximum atomic E-state index is 6.56. The topological polar surface area (TPSA) is 35.2 Å². The van der Waals surface area contributed by atoms with Crippen molar-refractivity contribution in [1.29, 1.82) is 0 Å². The minimum absolute atomic E-state index is 0.0887. The maximum Gasteiger partial charge on any atom is 0.0832 e. The van der Waals surface area contributed by atoms with Gasteiger partial charge in [-0.3, -0.25) is 0 Å². The van der Waals surface area contributed by atoms with Crippen molar-refractivity contribution in [2.45, 2.75) is 50.2 Å². The maximum absolute atomic E-state index is 6.56. The lowest BCUT2D eigenvalue weighted by atomic mass is 9.77. The van der Waals surface area contributed by atoms with E-state index in [4.69, 9.17) is 10.5 Å². The van der Waals surface area contributed by atoms with Gasteiger partial charge in [-0.1, -0.05) is 37.5 Å². The first-order valence-corrected chi connectivity index (χ1v) is 8.39. The van der Waals surface area contributed by atoms with Crippen molar-refractivity contribution in [2.75, 3.05) is 7.11 Å². The summed E-state index contributed by atoms with van der Waals surface area (Å²) in [6.45, 7) is 0. The van der Waals surface area contributed by atoms with E-state index in [0.717, 1.165) is 19.3 Å². The molecule has 3 rings (SSSR count). The fourth-order valence-corrected chi connectivity index (χ4v) is 4.47. The highest BCUT2D eigenvalue weighted by Gasteiger charge is 2.38. The molecule has 2 nitrogen and oxygen atoms in total. The number of hydrogen-bond acceptors (Lipinski definition) is 3. The van der Waals surface area contributed by atoms with Crippen molar-refractivity contribution in [3.05, 3.63) is 35.2 Å². The Morgan fingerprint density at radius 1 is 1.25 bits per heavy atom. The van der Waals surface area contributed by atoms with Crippen LogP contribution in [-0.4, -0.2) is 18.8 Å². The van der Waals surface area contributed by atoms with E-state index in [-0.39, 0.29) is 11.6 Å². The third kappa shape index (κ3) is 2.50. The van der Waals surface area contributed by atoms with Crippen LogP contribution in [-0.2, 0) is 11.2 Å². The standard InChI is InChI=1S/C17H23NOS/c1-19-17(9-5-2-6-10-17)16(18)11-13-12-20-15-8-4-3-7-14(13)15/h3-4,7-8,12,16H,2,5-6,9-11,18H2,1H3. The third-order valence-electron chi connectivity index (χ3n) is 4.78. The fraction of sp³-hybridized carbons (Fsp3) is 0.529. The van der Waals surface area contributed by atoms with Crippen LogP contribution >= 0.6 is 11.3 Å². The molecular weight excluding hydrogens is 266 g/mol. The van der Waals surface area contributed by atoms with E-state index in [1.165, 1.54) is 34.9 Å². The minimum atomic E-state index is -0.110. The second-order valence-corrected chi connectivity index (χ2v) is 6.81. The van der Waals surface area contributed by atoms with Gasteiger partial charge in [0.2, 0.25) is 0 Å². The van der Waals surface area contributed by atoms with Gasteiger partial charge in [-0.15, -0.1) is 11.3 Å². The van der Waals surface area contributed by atoms with E-state index in [1.807, 2.05) is 18.4 Å². The Bertz CT molecular complexity index is 571. The highest BCUT2D eigenvalue weighted by atomic mass is 32.1. The number of nitrogens with two attached hydrogens (primary N) is 1. The van der Waals surface area contributed by atoms with Crippen LogP contribution in [0.1, 0.15) is 37.7 Å². The molecule has 0 spiro atoms. The van der Waals surface area contributed by atoms with Crippen LogP contribution in [0.3, 0.4) is 0 Å². The molecular formula is C17H23NOS. The lowest BCUT2D eigenvalue weighted by molar-refractivity contribution is -0.0582. The summed E-state index contributed by atoms with van der Waals surface area (Å²) in [6.07, 6.45) is 6.92. The third-order valence-corrected chi connectivity index (χ3v) is 5.80. The molecule has 3 heteroatoms. The van der Waals surface area contributed by atoms with E-state index in [9.17, 15) is 0 Å². The molecule has 1 fully saturated rings. The molecule has 0 aliphatic heterocycles. The number of rotatable bonds is 4. The normalized spacial score (nSPS) is 20.1. The molecule has 1 heterocycles. The minimum Gasteiger partial charge on any atom is -0.377 e. The first-order valence-electron chi connectivity index (χ1n) is 7.51. The highest BCUT2D eigenvalue weighted by molar-refractivity contribution is 7.17. The summed E-state index contributed by atoms with van der Waals surface area (Å²) in [6, 6.07) is 8.68. The molecule has 2 N–H and O–H groups in total. The van der Waals surface area contributed by atoms with Crippen LogP contribution in [0.2, 0.25) is 0 Å². The quantitative estimate of drug-likeness (QED) is 0.919. The Hall–Kier alpha value is -0.900. The number of benzene rings is 1. The SMILES string of the molecule is COC1(C(N)Cc2csc3ccccc23)CCCCC1. The van der Waals surface area contributed by atoms with E-state index in [1.54, 1.807) is 0 Å². The van der Waals surface area contributed by atoms with E-state index >= 15 is 0 Å². The molecule has 1 atom stereocenters. The summed E-state index contributed by atoms with van der Waals surface area (Å²) < 4.78 is 7.23. The largest absolute Gasteiger partial charge is 0.377 e. The molecule has 1 saturated carbocycles. The van der Waals surface area contributed by atoms with Crippen LogP contribution in [0, 0.1) is 0 Å². The van der Waals surface area contributed by atoms with E-state index in [2.05, 4.69) is 29.6 Å². The van der Waals surface area contributed by atoms with Crippen LogP contribution in [0.4, 0.5) is 0 Å². The van der Waals surface area contributed by atoms with Crippen molar-refractivity contribution in [1.82, 2.24) is 0 Å². The van der Waals surface area contributed by atoms with E-state index in [0.29, 0.717) is 0 Å². The number of methoxy groups -OCH3 is 1. The lowest BCUT2D eigenvalue weighted by Crippen LogP contribution is -2.51.